The Morgan fingerprint density at radius 2 is 1.69 bits per heavy atom. The van der Waals surface area contributed by atoms with Gasteiger partial charge in [0.2, 0.25) is 0 Å². The summed E-state index contributed by atoms with van der Waals surface area (Å²) in [6.07, 6.45) is 0.499. The van der Waals surface area contributed by atoms with Crippen molar-refractivity contribution in [3.63, 3.8) is 0 Å². The zero-order valence-electron chi connectivity index (χ0n) is 15.6. The van der Waals surface area contributed by atoms with Gasteiger partial charge in [0.25, 0.3) is 5.97 Å². The Labute approximate surface area is 218 Å². The Bertz CT molecular complexity index is 1050. The van der Waals surface area contributed by atoms with Gasteiger partial charge in [-0.15, -0.1) is 5.56 Å². The summed E-state index contributed by atoms with van der Waals surface area (Å²) in [4.78, 5) is 22.6. The third kappa shape index (κ3) is 5.82. The number of fused-ring (bicyclic) bond motifs is 2. The van der Waals surface area contributed by atoms with Gasteiger partial charge in [-0.1, -0.05) is 12.5 Å². The molecule has 0 fully saturated rings. The number of rotatable bonds is 1. The maximum atomic E-state index is 12.2. The first-order valence-corrected chi connectivity index (χ1v) is 8.18. The molecular weight excluding hydrogens is 522 g/mol. The van der Waals surface area contributed by atoms with E-state index in [0.717, 1.165) is 5.56 Å². The Kier molecular flexibility index (Phi) is 9.84. The normalized spacial score (nSPS) is 10.9. The fraction of sp³-hybridized carbons (Fsp3) is 0.0909. The first kappa shape index (κ1) is 25.6. The van der Waals surface area contributed by atoms with Crippen LogP contribution in [0.4, 0.5) is 0 Å². The molecule has 0 saturated heterocycles. The summed E-state index contributed by atoms with van der Waals surface area (Å²) in [7, 11) is 0. The Balaban J connectivity index is 0.000000306. The molecule has 4 rings (SSSR count). The molecule has 29 heavy (non-hydrogen) atoms. The smallest absolute Gasteiger partial charge is 0.278 e. The van der Waals surface area contributed by atoms with Gasteiger partial charge < -0.3 is 20.1 Å². The van der Waals surface area contributed by atoms with E-state index in [1.165, 1.54) is 12.1 Å². The Hall–Kier alpha value is -1.39. The van der Waals surface area contributed by atoms with Crippen LogP contribution in [0.25, 0.3) is 0 Å². The minimum Gasteiger partial charge on any atom is -0.508 e. The van der Waals surface area contributed by atoms with Gasteiger partial charge in [-0.2, -0.15) is 54.1 Å². The summed E-state index contributed by atoms with van der Waals surface area (Å²) in [5.74, 6) is -1.31. The van der Waals surface area contributed by atoms with Gasteiger partial charge in [0.05, 0.1) is 5.56 Å². The van der Waals surface area contributed by atoms with E-state index in [2.05, 4.69) is 12.1 Å². The fourth-order valence-electron chi connectivity index (χ4n) is 2.98. The molecule has 0 unspecified atom stereocenters. The van der Waals surface area contributed by atoms with Gasteiger partial charge in [0.1, 0.15) is 17.3 Å². The molecule has 1 aliphatic rings. The molecular formula is C22H16O5Y2-2. The number of carboxylic acid groups (broad SMARTS) is 1. The molecule has 0 aliphatic heterocycles. The molecule has 1 aliphatic carbocycles. The molecule has 0 saturated carbocycles. The average molecular weight is 538 g/mol. The molecule has 3 N–H and O–H groups in total. The monoisotopic (exact) mass is 538 g/mol. The fourth-order valence-corrected chi connectivity index (χ4v) is 2.98. The summed E-state index contributed by atoms with van der Waals surface area (Å²) in [5.41, 5.74) is 3.30. The van der Waals surface area contributed by atoms with Crippen molar-refractivity contribution in [3.8, 4) is 11.5 Å². The van der Waals surface area contributed by atoms with E-state index >= 15 is 0 Å². The first-order chi connectivity index (χ1) is 12.9. The Morgan fingerprint density at radius 3 is 2.31 bits per heavy atom. The molecule has 0 atom stereocenters. The second kappa shape index (κ2) is 11.1. The van der Waals surface area contributed by atoms with Crippen molar-refractivity contribution in [3.05, 3.63) is 94.0 Å². The zero-order valence-corrected chi connectivity index (χ0v) is 21.3. The number of carbonyl (C=O) groups excluding carboxylic acids is 1. The minimum absolute atomic E-state index is 0. The van der Waals surface area contributed by atoms with Crippen LogP contribution in [0.3, 0.4) is 0 Å². The van der Waals surface area contributed by atoms with Crippen LogP contribution in [0, 0.1) is 19.1 Å². The molecule has 0 bridgehead atoms. The van der Waals surface area contributed by atoms with Crippen molar-refractivity contribution in [2.24, 2.45) is 0 Å². The molecule has 0 amide bonds. The largest absolute Gasteiger partial charge is 0.508 e. The SMILES string of the molecule is Cc1[c-]cccc1C(=O)O.O=C1c2ccc[c-]c2Cc2cc(O)cc(O)c21.[Y].[Y]. The van der Waals surface area contributed by atoms with E-state index in [0.29, 0.717) is 28.7 Å². The number of benzene rings is 3. The summed E-state index contributed by atoms with van der Waals surface area (Å²) in [6.45, 7) is 1.73. The zero-order chi connectivity index (χ0) is 19.6. The van der Waals surface area contributed by atoms with Gasteiger partial charge >= 0.3 is 0 Å². The maximum absolute atomic E-state index is 12.2. The second-order valence-corrected chi connectivity index (χ2v) is 6.08. The van der Waals surface area contributed by atoms with Gasteiger partial charge in [0, 0.05) is 71.5 Å². The number of aromatic carboxylic acids is 1. The van der Waals surface area contributed by atoms with E-state index in [1.54, 1.807) is 43.3 Å². The standard InChI is InChI=1S/C14H9O3.C8H7O2.2Y/c15-10-6-9-5-8-3-1-2-4-11(8)14(17)13(9)12(16)7-10;1-6-4-2-3-5-7(6)8(9)10;;/h1-2,4,6-7,15-16H,5H2;2-3,5H,1H3,(H,9,10);;/q2*-1;;. The summed E-state index contributed by atoms with van der Waals surface area (Å²) >= 11 is 0. The van der Waals surface area contributed by atoms with Crippen LogP contribution < -0.4 is 0 Å². The molecule has 0 aromatic heterocycles. The number of ketones is 1. The van der Waals surface area contributed by atoms with E-state index in [9.17, 15) is 19.8 Å². The van der Waals surface area contributed by atoms with E-state index in [1.807, 2.05) is 0 Å². The van der Waals surface area contributed by atoms with E-state index in [4.69, 9.17) is 5.11 Å². The number of carboxylic acids is 1. The number of carbonyl (C=O) groups is 2. The van der Waals surface area contributed by atoms with Gasteiger partial charge in [-0.25, -0.2) is 0 Å². The molecule has 2 radical (unpaired) electrons. The van der Waals surface area contributed by atoms with Gasteiger partial charge in [-0.3, -0.25) is 4.79 Å². The minimum atomic E-state index is -0.894. The van der Waals surface area contributed by atoms with Crippen molar-refractivity contribution in [1.82, 2.24) is 0 Å². The maximum Gasteiger partial charge on any atom is 0.278 e. The predicted molar refractivity (Wildman–Crippen MR) is 98.3 cm³/mol. The second-order valence-electron chi connectivity index (χ2n) is 6.08. The topological polar surface area (TPSA) is 94.8 Å². The molecule has 142 valence electrons. The molecule has 3 aromatic rings. The summed E-state index contributed by atoms with van der Waals surface area (Å²) < 4.78 is 0. The first-order valence-electron chi connectivity index (χ1n) is 8.18. The number of hydrogen-bond acceptors (Lipinski definition) is 4. The van der Waals surface area contributed by atoms with Crippen LogP contribution in [0.2, 0.25) is 0 Å². The van der Waals surface area contributed by atoms with Crippen molar-refractivity contribution in [1.29, 1.82) is 0 Å². The van der Waals surface area contributed by atoms with Crippen LogP contribution in [0.1, 0.15) is 43.0 Å². The van der Waals surface area contributed by atoms with Crippen LogP contribution >= 0.6 is 0 Å². The van der Waals surface area contributed by atoms with Crippen LogP contribution in [-0.2, 0) is 71.8 Å². The van der Waals surface area contributed by atoms with Crippen molar-refractivity contribution in [2.75, 3.05) is 0 Å². The van der Waals surface area contributed by atoms with Crippen molar-refractivity contribution < 1.29 is 90.3 Å². The van der Waals surface area contributed by atoms with Crippen LogP contribution in [-0.4, -0.2) is 27.1 Å². The third-order valence-corrected chi connectivity index (χ3v) is 4.26. The molecule has 3 aromatic carbocycles. The quantitative estimate of drug-likeness (QED) is 0.323. The molecule has 7 heteroatoms. The summed E-state index contributed by atoms with van der Waals surface area (Å²) in [5, 5.41) is 27.7. The molecule has 0 spiro atoms. The van der Waals surface area contributed by atoms with Crippen molar-refractivity contribution in [2.45, 2.75) is 13.3 Å². The van der Waals surface area contributed by atoms with Crippen molar-refractivity contribution >= 4 is 11.8 Å². The average Bonchev–Trinajstić information content (AvgIpc) is 2.62. The number of phenols is 2. The third-order valence-electron chi connectivity index (χ3n) is 4.26. The number of hydrogen-bond donors (Lipinski definition) is 3. The molecule has 0 heterocycles. The number of aromatic hydroxyl groups is 2. The Morgan fingerprint density at radius 1 is 1.03 bits per heavy atom. The van der Waals surface area contributed by atoms with Crippen LogP contribution in [0.5, 0.6) is 11.5 Å². The van der Waals surface area contributed by atoms with E-state index in [-0.39, 0.29) is 88.3 Å². The van der Waals surface area contributed by atoms with Gasteiger partial charge in [0.15, 0.2) is 0 Å². The predicted octanol–water partition coefficient (Wildman–Crippen LogP) is 3.52. The number of aryl methyl sites for hydroxylation is 1. The number of phenolic OH excluding ortho intramolecular Hbond substituents is 2. The summed E-state index contributed by atoms with van der Waals surface area (Å²) in [6, 6.07) is 18.7. The van der Waals surface area contributed by atoms with E-state index < -0.39 is 5.97 Å². The van der Waals surface area contributed by atoms with Gasteiger partial charge in [-0.05, 0) is 23.6 Å². The van der Waals surface area contributed by atoms with Crippen LogP contribution in [0.15, 0.2) is 48.5 Å². The molecule has 5 nitrogen and oxygen atoms in total.